The van der Waals surface area contributed by atoms with Crippen LogP contribution in [0.15, 0.2) is 48.7 Å². The molecular weight excluding hydrogens is 402 g/mol. The van der Waals surface area contributed by atoms with E-state index < -0.39 is 0 Å². The molecule has 0 saturated carbocycles. The number of carbonyl (C=O) groups excluding carboxylic acids is 2. The molecule has 0 fully saturated rings. The van der Waals surface area contributed by atoms with Crippen LogP contribution >= 0.6 is 23.1 Å². The molecule has 0 saturated heterocycles. The average Bonchev–Trinajstić information content (AvgIpc) is 3.14. The van der Waals surface area contributed by atoms with Crippen molar-refractivity contribution in [2.24, 2.45) is 0 Å². The second-order valence-corrected chi connectivity index (χ2v) is 8.89. The van der Waals surface area contributed by atoms with E-state index in [1.807, 2.05) is 30.3 Å². The second kappa shape index (κ2) is 11.7. The number of aryl methyl sites for hydroxylation is 1. The molecule has 7 heteroatoms. The molecule has 0 radical (unpaired) electrons. The smallest absolute Gasteiger partial charge is 0.226 e. The molecule has 0 aliphatic carbocycles. The van der Waals surface area contributed by atoms with Crippen molar-refractivity contribution in [1.29, 1.82) is 0 Å². The highest BCUT2D eigenvalue weighted by atomic mass is 32.2. The highest BCUT2D eigenvalue weighted by molar-refractivity contribution is 8.13. The Hall–Kier alpha value is -2.25. The minimum atomic E-state index is -0.00507. The number of carbonyl (C=O) groups is 2. The van der Waals surface area contributed by atoms with Gasteiger partial charge >= 0.3 is 0 Å². The lowest BCUT2D eigenvalue weighted by molar-refractivity contribution is -0.116. The van der Waals surface area contributed by atoms with E-state index in [9.17, 15) is 9.59 Å². The number of unbranched alkanes of at least 4 members (excludes halogenated alkanes) is 3. The Labute approximate surface area is 179 Å². The molecule has 29 heavy (non-hydrogen) atoms. The zero-order valence-corrected chi connectivity index (χ0v) is 17.9. The van der Waals surface area contributed by atoms with Crippen LogP contribution in [0.3, 0.4) is 0 Å². The van der Waals surface area contributed by atoms with Crippen LogP contribution in [0.4, 0.5) is 5.13 Å². The Kier molecular flexibility index (Phi) is 8.64. The maximum atomic E-state index is 12.0. The van der Waals surface area contributed by atoms with Crippen LogP contribution in [-0.4, -0.2) is 26.7 Å². The number of nitrogens with zero attached hydrogens (tertiary/aromatic N) is 2. The monoisotopic (exact) mass is 427 g/mol. The average molecular weight is 428 g/mol. The topological polar surface area (TPSA) is 72.0 Å². The maximum Gasteiger partial charge on any atom is 0.226 e. The van der Waals surface area contributed by atoms with Crippen molar-refractivity contribution in [3.63, 3.8) is 0 Å². The van der Waals surface area contributed by atoms with E-state index >= 15 is 0 Å². The Morgan fingerprint density at radius 1 is 0.966 bits per heavy atom. The summed E-state index contributed by atoms with van der Waals surface area (Å²) < 4.78 is 0. The number of anilines is 1. The summed E-state index contributed by atoms with van der Waals surface area (Å²) in [6, 6.07) is 13.8. The van der Waals surface area contributed by atoms with Gasteiger partial charge in [-0.2, -0.15) is 0 Å². The first-order chi connectivity index (χ1) is 14.2. The number of fused-ring (bicyclic) bond motifs is 1. The van der Waals surface area contributed by atoms with Crippen LogP contribution in [0.25, 0.3) is 10.3 Å². The van der Waals surface area contributed by atoms with Gasteiger partial charge in [-0.3, -0.25) is 9.59 Å². The Balaban J connectivity index is 1.21. The van der Waals surface area contributed by atoms with Gasteiger partial charge in [-0.05, 0) is 37.0 Å². The minimum absolute atomic E-state index is 0.00507. The summed E-state index contributed by atoms with van der Waals surface area (Å²) >= 11 is 2.82. The van der Waals surface area contributed by atoms with E-state index in [1.54, 1.807) is 6.20 Å². The van der Waals surface area contributed by atoms with Crippen LogP contribution in [0.5, 0.6) is 0 Å². The Bertz CT molecular complexity index is 895. The molecule has 0 spiro atoms. The van der Waals surface area contributed by atoms with Crippen LogP contribution in [-0.2, 0) is 16.0 Å². The Morgan fingerprint density at radius 2 is 1.79 bits per heavy atom. The number of hydrogen-bond acceptors (Lipinski definition) is 6. The van der Waals surface area contributed by atoms with Crippen LogP contribution in [0, 0.1) is 0 Å². The molecule has 0 aliphatic rings. The zero-order valence-electron chi connectivity index (χ0n) is 16.3. The number of nitrogens with one attached hydrogen (secondary N) is 1. The van der Waals surface area contributed by atoms with E-state index in [4.69, 9.17) is 0 Å². The second-order valence-electron chi connectivity index (χ2n) is 6.77. The fourth-order valence-corrected chi connectivity index (χ4v) is 4.54. The number of aromatic nitrogens is 2. The summed E-state index contributed by atoms with van der Waals surface area (Å²) in [5.74, 6) is 0.855. The van der Waals surface area contributed by atoms with E-state index in [2.05, 4.69) is 27.4 Å². The third-order valence-electron chi connectivity index (χ3n) is 4.43. The SMILES string of the molecule is O=C(CCCCCCSC(=O)CCc1ccccc1)Nc1nc2cccnc2s1. The highest BCUT2D eigenvalue weighted by Crippen LogP contribution is 2.23. The number of hydrogen-bond donors (Lipinski definition) is 1. The predicted octanol–water partition coefficient (Wildman–Crippen LogP) is 5.47. The summed E-state index contributed by atoms with van der Waals surface area (Å²) in [7, 11) is 0. The fraction of sp³-hybridized carbons (Fsp3) is 0.364. The highest BCUT2D eigenvalue weighted by Gasteiger charge is 2.08. The molecule has 2 aromatic heterocycles. The number of benzene rings is 1. The first-order valence-corrected chi connectivity index (χ1v) is 11.7. The maximum absolute atomic E-state index is 12.0. The van der Waals surface area contributed by atoms with Crippen molar-refractivity contribution in [1.82, 2.24) is 9.97 Å². The van der Waals surface area contributed by atoms with Crippen molar-refractivity contribution < 1.29 is 9.59 Å². The molecule has 0 bridgehead atoms. The lowest BCUT2D eigenvalue weighted by atomic mass is 10.1. The predicted molar refractivity (Wildman–Crippen MR) is 121 cm³/mol. The van der Waals surface area contributed by atoms with Crippen molar-refractivity contribution in [3.8, 4) is 0 Å². The molecule has 5 nitrogen and oxygen atoms in total. The first-order valence-electron chi connectivity index (χ1n) is 9.92. The van der Waals surface area contributed by atoms with Crippen molar-refractivity contribution >= 4 is 49.6 Å². The number of thioether (sulfide) groups is 1. The molecule has 1 amide bonds. The lowest BCUT2D eigenvalue weighted by Gasteiger charge is -2.03. The normalized spacial score (nSPS) is 10.9. The molecule has 1 aromatic carbocycles. The zero-order chi connectivity index (χ0) is 20.3. The van der Waals surface area contributed by atoms with E-state index in [-0.39, 0.29) is 11.0 Å². The fourth-order valence-electron chi connectivity index (χ4n) is 2.90. The van der Waals surface area contributed by atoms with Gasteiger partial charge in [0.15, 0.2) is 10.2 Å². The van der Waals surface area contributed by atoms with Crippen LogP contribution in [0.2, 0.25) is 0 Å². The standard InChI is InChI=1S/C22H25N3O2S2/c26-19(25-22-24-18-11-8-15-23-21(18)29-22)12-6-1-2-7-16-28-20(27)14-13-17-9-4-3-5-10-17/h3-5,8-11,15H,1-2,6-7,12-14,16H2,(H,24,25,26). The number of rotatable bonds is 11. The van der Waals surface area contributed by atoms with Crippen molar-refractivity contribution in [2.45, 2.75) is 44.9 Å². The molecule has 1 N–H and O–H groups in total. The summed E-state index contributed by atoms with van der Waals surface area (Å²) in [4.78, 5) is 33.4. The van der Waals surface area contributed by atoms with E-state index in [0.717, 1.165) is 48.2 Å². The van der Waals surface area contributed by atoms with Crippen molar-refractivity contribution in [2.75, 3.05) is 11.1 Å². The van der Waals surface area contributed by atoms with Gasteiger partial charge in [0.05, 0.1) is 0 Å². The third kappa shape index (κ3) is 7.59. The van der Waals surface area contributed by atoms with E-state index in [1.165, 1.54) is 28.7 Å². The van der Waals surface area contributed by atoms with Gasteiger partial charge in [-0.15, -0.1) is 0 Å². The summed E-state index contributed by atoms with van der Waals surface area (Å²) in [5.41, 5.74) is 2.02. The van der Waals surface area contributed by atoms with Gasteiger partial charge in [0.25, 0.3) is 0 Å². The molecule has 0 aliphatic heterocycles. The minimum Gasteiger partial charge on any atom is -0.302 e. The quantitative estimate of drug-likeness (QED) is 0.411. The number of thiazole rings is 1. The van der Waals surface area contributed by atoms with E-state index in [0.29, 0.717) is 18.0 Å². The first kappa shape index (κ1) is 21.5. The molecule has 3 aromatic rings. The van der Waals surface area contributed by atoms with Gasteiger partial charge in [0, 0.05) is 24.8 Å². The molecule has 152 valence electrons. The van der Waals surface area contributed by atoms with Crippen molar-refractivity contribution in [3.05, 3.63) is 54.2 Å². The van der Waals surface area contributed by atoms with Crippen LogP contribution in [0.1, 0.15) is 44.1 Å². The summed E-state index contributed by atoms with van der Waals surface area (Å²) in [6.45, 7) is 0. The van der Waals surface area contributed by atoms with Gasteiger partial charge < -0.3 is 5.32 Å². The largest absolute Gasteiger partial charge is 0.302 e. The lowest BCUT2D eigenvalue weighted by Crippen LogP contribution is -2.10. The molecule has 3 rings (SSSR count). The van der Waals surface area contributed by atoms with Gasteiger partial charge in [0.2, 0.25) is 5.91 Å². The molecule has 0 unspecified atom stereocenters. The third-order valence-corrected chi connectivity index (χ3v) is 6.35. The molecule has 2 heterocycles. The van der Waals surface area contributed by atoms with Gasteiger partial charge in [0.1, 0.15) is 10.3 Å². The molecule has 0 atom stereocenters. The molecular formula is C22H25N3O2S2. The Morgan fingerprint density at radius 3 is 2.62 bits per heavy atom. The van der Waals surface area contributed by atoms with Gasteiger partial charge in [-0.1, -0.05) is 66.3 Å². The van der Waals surface area contributed by atoms with Crippen LogP contribution < -0.4 is 5.32 Å². The van der Waals surface area contributed by atoms with Gasteiger partial charge in [-0.25, -0.2) is 9.97 Å². The number of pyridine rings is 1. The summed E-state index contributed by atoms with van der Waals surface area (Å²) in [5, 5.41) is 3.72. The summed E-state index contributed by atoms with van der Waals surface area (Å²) in [6.07, 6.45) is 7.51. The number of amides is 1.